The highest BCUT2D eigenvalue weighted by Crippen LogP contribution is 2.22. The van der Waals surface area contributed by atoms with E-state index in [1.165, 1.54) is 6.39 Å². The van der Waals surface area contributed by atoms with Crippen LogP contribution in [0.2, 0.25) is 0 Å². The zero-order chi connectivity index (χ0) is 9.97. The Bertz CT molecular complexity index is 417. The van der Waals surface area contributed by atoms with Crippen molar-refractivity contribution in [1.82, 2.24) is 4.98 Å². The summed E-state index contributed by atoms with van der Waals surface area (Å²) in [5, 5.41) is 8.88. The van der Waals surface area contributed by atoms with E-state index >= 15 is 0 Å². The van der Waals surface area contributed by atoms with E-state index in [1.807, 2.05) is 31.2 Å². The van der Waals surface area contributed by atoms with E-state index in [0.29, 0.717) is 0 Å². The molecule has 2 rings (SSSR count). The molecule has 0 aliphatic rings. The van der Waals surface area contributed by atoms with Crippen LogP contribution in [0, 0.1) is 6.92 Å². The number of aliphatic hydroxyl groups is 1. The van der Waals surface area contributed by atoms with Gasteiger partial charge in [0.2, 0.25) is 0 Å². The Balaban J connectivity index is 2.39. The van der Waals surface area contributed by atoms with Gasteiger partial charge in [0, 0.05) is 5.56 Å². The molecule has 3 nitrogen and oxygen atoms in total. The summed E-state index contributed by atoms with van der Waals surface area (Å²) in [4.78, 5) is 4.02. The molecular formula is C11H11NO2. The van der Waals surface area contributed by atoms with Gasteiger partial charge in [-0.2, -0.15) is 0 Å². The lowest BCUT2D eigenvalue weighted by Crippen LogP contribution is -1.83. The molecule has 0 saturated carbocycles. The fraction of sp³-hybridized carbons (Fsp3) is 0.182. The van der Waals surface area contributed by atoms with Crippen molar-refractivity contribution in [2.24, 2.45) is 0 Å². The molecule has 3 heteroatoms. The summed E-state index contributed by atoms with van der Waals surface area (Å²) in [6, 6.07) is 7.58. The number of aliphatic hydroxyl groups excluding tert-OH is 1. The first-order valence-electron chi connectivity index (χ1n) is 4.41. The molecule has 1 N–H and O–H groups in total. The third-order valence-corrected chi connectivity index (χ3v) is 2.14. The van der Waals surface area contributed by atoms with Gasteiger partial charge in [0.05, 0.1) is 12.3 Å². The molecular weight excluding hydrogens is 178 g/mol. The Kier molecular flexibility index (Phi) is 2.33. The predicted molar refractivity (Wildman–Crippen MR) is 52.6 cm³/mol. The zero-order valence-corrected chi connectivity index (χ0v) is 7.90. The van der Waals surface area contributed by atoms with Gasteiger partial charge in [-0.25, -0.2) is 4.98 Å². The monoisotopic (exact) mass is 189 g/mol. The highest BCUT2D eigenvalue weighted by molar-refractivity contribution is 5.59. The van der Waals surface area contributed by atoms with E-state index in [9.17, 15) is 0 Å². The number of hydrogen-bond donors (Lipinski definition) is 1. The standard InChI is InChI=1S/C11H11NO2/c1-8-11(14-7-12-8)10-4-2-9(6-13)3-5-10/h2-5,7,13H,6H2,1H3. The van der Waals surface area contributed by atoms with Crippen LogP contribution in [0.25, 0.3) is 11.3 Å². The van der Waals surface area contributed by atoms with Gasteiger partial charge < -0.3 is 9.52 Å². The van der Waals surface area contributed by atoms with Gasteiger partial charge >= 0.3 is 0 Å². The van der Waals surface area contributed by atoms with Crippen molar-refractivity contribution >= 4 is 0 Å². The Hall–Kier alpha value is -1.61. The first kappa shape index (κ1) is 8.97. The summed E-state index contributed by atoms with van der Waals surface area (Å²) in [6.45, 7) is 1.97. The second-order valence-electron chi connectivity index (χ2n) is 3.12. The average Bonchev–Trinajstić information content (AvgIpc) is 2.65. The summed E-state index contributed by atoms with van der Waals surface area (Å²) in [5.41, 5.74) is 2.75. The van der Waals surface area contributed by atoms with Crippen LogP contribution in [0.4, 0.5) is 0 Å². The van der Waals surface area contributed by atoms with Crippen LogP contribution in [0.15, 0.2) is 35.1 Å². The number of benzene rings is 1. The summed E-state index contributed by atoms with van der Waals surface area (Å²) >= 11 is 0. The van der Waals surface area contributed by atoms with Crippen molar-refractivity contribution in [2.75, 3.05) is 0 Å². The first-order valence-corrected chi connectivity index (χ1v) is 4.41. The summed E-state index contributed by atoms with van der Waals surface area (Å²) in [5.74, 6) is 0.787. The Morgan fingerprint density at radius 1 is 1.29 bits per heavy atom. The fourth-order valence-electron chi connectivity index (χ4n) is 1.34. The molecule has 2 aromatic rings. The molecule has 1 aromatic carbocycles. The van der Waals surface area contributed by atoms with Crippen molar-refractivity contribution < 1.29 is 9.52 Å². The number of aromatic nitrogens is 1. The molecule has 1 heterocycles. The number of hydrogen-bond acceptors (Lipinski definition) is 3. The van der Waals surface area contributed by atoms with Crippen molar-refractivity contribution in [3.8, 4) is 11.3 Å². The van der Waals surface area contributed by atoms with Crippen LogP contribution in [0.3, 0.4) is 0 Å². The van der Waals surface area contributed by atoms with E-state index in [2.05, 4.69) is 4.98 Å². The Morgan fingerprint density at radius 3 is 2.50 bits per heavy atom. The molecule has 0 aliphatic carbocycles. The molecule has 72 valence electrons. The van der Waals surface area contributed by atoms with Gasteiger partial charge in [-0.05, 0) is 12.5 Å². The van der Waals surface area contributed by atoms with Crippen molar-refractivity contribution in [1.29, 1.82) is 0 Å². The van der Waals surface area contributed by atoms with Gasteiger partial charge in [0.1, 0.15) is 0 Å². The van der Waals surface area contributed by atoms with Gasteiger partial charge in [-0.1, -0.05) is 24.3 Å². The average molecular weight is 189 g/mol. The Morgan fingerprint density at radius 2 is 2.00 bits per heavy atom. The number of rotatable bonds is 2. The smallest absolute Gasteiger partial charge is 0.181 e. The molecule has 0 radical (unpaired) electrons. The molecule has 1 aromatic heterocycles. The lowest BCUT2D eigenvalue weighted by Gasteiger charge is -1.99. The molecule has 0 spiro atoms. The van der Waals surface area contributed by atoms with E-state index in [1.54, 1.807) is 0 Å². The summed E-state index contributed by atoms with van der Waals surface area (Å²) in [7, 11) is 0. The highest BCUT2D eigenvalue weighted by Gasteiger charge is 2.05. The SMILES string of the molecule is Cc1ncoc1-c1ccc(CO)cc1. The predicted octanol–water partition coefficient (Wildman–Crippen LogP) is 2.14. The molecule has 0 saturated heterocycles. The molecule has 0 atom stereocenters. The lowest BCUT2D eigenvalue weighted by atomic mass is 10.1. The van der Waals surface area contributed by atoms with Crippen molar-refractivity contribution in [3.05, 3.63) is 41.9 Å². The minimum atomic E-state index is 0.0651. The van der Waals surface area contributed by atoms with E-state index in [4.69, 9.17) is 9.52 Å². The van der Waals surface area contributed by atoms with Crippen LogP contribution in [0.1, 0.15) is 11.3 Å². The van der Waals surface area contributed by atoms with Gasteiger partial charge in [-0.3, -0.25) is 0 Å². The third kappa shape index (κ3) is 1.54. The third-order valence-electron chi connectivity index (χ3n) is 2.14. The van der Waals surface area contributed by atoms with Crippen LogP contribution >= 0.6 is 0 Å². The second-order valence-corrected chi connectivity index (χ2v) is 3.12. The Labute approximate surface area is 82.0 Å². The fourth-order valence-corrected chi connectivity index (χ4v) is 1.34. The number of aryl methyl sites for hydroxylation is 1. The van der Waals surface area contributed by atoms with Gasteiger partial charge in [0.25, 0.3) is 0 Å². The highest BCUT2D eigenvalue weighted by atomic mass is 16.3. The minimum Gasteiger partial charge on any atom is -0.443 e. The van der Waals surface area contributed by atoms with Crippen LogP contribution in [-0.2, 0) is 6.61 Å². The quantitative estimate of drug-likeness (QED) is 0.787. The molecule has 0 aliphatic heterocycles. The normalized spacial score (nSPS) is 10.4. The largest absolute Gasteiger partial charge is 0.443 e. The van der Waals surface area contributed by atoms with E-state index in [-0.39, 0.29) is 6.61 Å². The molecule has 14 heavy (non-hydrogen) atoms. The maximum atomic E-state index is 8.88. The maximum Gasteiger partial charge on any atom is 0.181 e. The number of oxazole rings is 1. The maximum absolute atomic E-state index is 8.88. The van der Waals surface area contributed by atoms with Crippen LogP contribution < -0.4 is 0 Å². The number of nitrogens with zero attached hydrogens (tertiary/aromatic N) is 1. The molecule has 0 bridgehead atoms. The van der Waals surface area contributed by atoms with E-state index < -0.39 is 0 Å². The topological polar surface area (TPSA) is 46.3 Å². The van der Waals surface area contributed by atoms with Crippen LogP contribution in [0.5, 0.6) is 0 Å². The van der Waals surface area contributed by atoms with Gasteiger partial charge in [-0.15, -0.1) is 0 Å². The summed E-state index contributed by atoms with van der Waals surface area (Å²) in [6.07, 6.45) is 1.44. The molecule has 0 unspecified atom stereocenters. The van der Waals surface area contributed by atoms with E-state index in [0.717, 1.165) is 22.6 Å². The molecule has 0 amide bonds. The lowest BCUT2D eigenvalue weighted by molar-refractivity contribution is 0.282. The summed E-state index contributed by atoms with van der Waals surface area (Å²) < 4.78 is 5.25. The zero-order valence-electron chi connectivity index (χ0n) is 7.90. The van der Waals surface area contributed by atoms with Gasteiger partial charge in [0.15, 0.2) is 12.2 Å². The van der Waals surface area contributed by atoms with Crippen molar-refractivity contribution in [2.45, 2.75) is 13.5 Å². The van der Waals surface area contributed by atoms with Crippen LogP contribution in [-0.4, -0.2) is 10.1 Å². The first-order chi connectivity index (χ1) is 6.81. The van der Waals surface area contributed by atoms with Crippen molar-refractivity contribution in [3.63, 3.8) is 0 Å². The second kappa shape index (κ2) is 3.64. The molecule has 0 fully saturated rings. The minimum absolute atomic E-state index is 0.0651.